The molecule has 0 amide bonds. The van der Waals surface area contributed by atoms with Gasteiger partial charge in [0, 0.05) is 45.5 Å². The molecule has 0 aromatic carbocycles. The molecule has 4 heterocycles. The predicted octanol–water partition coefficient (Wildman–Crippen LogP) is 9.00. The third-order valence-corrected chi connectivity index (χ3v) is 8.18. The van der Waals surface area contributed by atoms with Gasteiger partial charge in [-0.25, -0.2) is 4.39 Å². The van der Waals surface area contributed by atoms with Gasteiger partial charge >= 0.3 is 0 Å². The molecule has 1 N–H and O–H groups in total. The van der Waals surface area contributed by atoms with Gasteiger partial charge in [0.25, 0.3) is 0 Å². The normalized spacial score (nSPS) is 19.2. The third kappa shape index (κ3) is 7.73. The van der Waals surface area contributed by atoms with Gasteiger partial charge in [-0.3, -0.25) is 9.67 Å². The number of pyridine rings is 1. The average Bonchev–Trinajstić information content (AvgIpc) is 3.66. The van der Waals surface area contributed by atoms with Crippen LogP contribution in [0.4, 0.5) is 4.39 Å². The first-order valence-electron chi connectivity index (χ1n) is 15.1. The molecule has 1 unspecified atom stereocenters. The molecule has 0 saturated heterocycles. The van der Waals surface area contributed by atoms with Crippen LogP contribution in [0.1, 0.15) is 80.7 Å². The maximum atomic E-state index is 14.4. The van der Waals surface area contributed by atoms with E-state index in [1.165, 1.54) is 24.1 Å². The van der Waals surface area contributed by atoms with Crippen LogP contribution in [0.25, 0.3) is 21.7 Å². The molecule has 8 heteroatoms. The maximum Gasteiger partial charge on any atom is 0.128 e. The van der Waals surface area contributed by atoms with Gasteiger partial charge in [-0.1, -0.05) is 57.7 Å². The van der Waals surface area contributed by atoms with Crippen molar-refractivity contribution in [2.24, 2.45) is 0 Å². The van der Waals surface area contributed by atoms with Crippen LogP contribution >= 0.6 is 11.3 Å². The van der Waals surface area contributed by atoms with Crippen molar-refractivity contribution in [2.45, 2.75) is 58.9 Å². The van der Waals surface area contributed by atoms with Gasteiger partial charge in [0.2, 0.25) is 0 Å². The lowest BCUT2D eigenvalue weighted by Crippen LogP contribution is -2.12. The summed E-state index contributed by atoms with van der Waals surface area (Å²) in [7, 11) is 0. The molecule has 232 valence electrons. The van der Waals surface area contributed by atoms with Gasteiger partial charge in [-0.05, 0) is 61.4 Å². The molecule has 0 bridgehead atoms. The Bertz CT molecular complexity index is 1620. The molecule has 6 nitrogen and oxygen atoms in total. The molecule has 0 fully saturated rings. The lowest BCUT2D eigenvalue weighted by molar-refractivity contribution is 0.237. The minimum absolute atomic E-state index is 0.0554. The molecule has 1 aliphatic heterocycles. The summed E-state index contributed by atoms with van der Waals surface area (Å²) in [6.45, 7) is 13.9. The molecular formula is C36H42FN3O3S. The summed E-state index contributed by atoms with van der Waals surface area (Å²) in [5.41, 5.74) is 5.45. The fourth-order valence-corrected chi connectivity index (χ4v) is 6.16. The summed E-state index contributed by atoms with van der Waals surface area (Å²) in [4.78, 5) is 5.40. The lowest BCUT2D eigenvalue weighted by atomic mass is 9.91. The zero-order valence-corrected chi connectivity index (χ0v) is 26.8. The van der Waals surface area contributed by atoms with Crippen molar-refractivity contribution in [3.8, 4) is 0 Å². The number of aromatic nitrogens is 3. The van der Waals surface area contributed by atoms with Crippen LogP contribution in [0, 0.1) is 0 Å². The van der Waals surface area contributed by atoms with Crippen LogP contribution in [0.2, 0.25) is 0 Å². The Morgan fingerprint density at radius 3 is 2.89 bits per heavy atom. The highest BCUT2D eigenvalue weighted by molar-refractivity contribution is 7.17. The van der Waals surface area contributed by atoms with E-state index in [4.69, 9.17) is 24.7 Å². The number of aliphatic hydroxyl groups is 1. The summed E-state index contributed by atoms with van der Waals surface area (Å²) in [5.74, 6) is 0.303. The van der Waals surface area contributed by atoms with Crippen molar-refractivity contribution in [1.29, 1.82) is 0 Å². The van der Waals surface area contributed by atoms with Gasteiger partial charge < -0.3 is 14.6 Å². The Balaban J connectivity index is 2.03. The quantitative estimate of drug-likeness (QED) is 0.132. The Kier molecular flexibility index (Phi) is 12.1. The van der Waals surface area contributed by atoms with E-state index >= 15 is 0 Å². The second-order valence-electron chi connectivity index (χ2n) is 10.7. The Labute approximate surface area is 263 Å². The number of ether oxygens (including phenoxy) is 2. The number of halogens is 1. The molecule has 3 aromatic rings. The first kappa shape index (κ1) is 32.9. The van der Waals surface area contributed by atoms with Crippen molar-refractivity contribution < 1.29 is 19.0 Å². The van der Waals surface area contributed by atoms with Crippen LogP contribution in [0.15, 0.2) is 90.5 Å². The number of hydrogen-bond acceptors (Lipinski definition) is 6. The minimum Gasteiger partial charge on any atom is -0.501 e. The number of rotatable bonds is 11. The van der Waals surface area contributed by atoms with Gasteiger partial charge in [0.15, 0.2) is 0 Å². The van der Waals surface area contributed by atoms with E-state index in [0.717, 1.165) is 51.3 Å². The second-order valence-corrected chi connectivity index (χ2v) is 11.6. The van der Waals surface area contributed by atoms with Crippen LogP contribution in [-0.2, 0) is 16.0 Å². The van der Waals surface area contributed by atoms with Crippen LogP contribution in [-0.4, -0.2) is 39.7 Å². The topological polar surface area (TPSA) is 69.4 Å². The number of fused-ring (bicyclic) bond motifs is 3. The van der Waals surface area contributed by atoms with Crippen molar-refractivity contribution in [1.82, 2.24) is 14.8 Å². The zero-order chi connectivity index (χ0) is 31.5. The Morgan fingerprint density at radius 2 is 2.16 bits per heavy atom. The van der Waals surface area contributed by atoms with Crippen LogP contribution < -0.4 is 0 Å². The fourth-order valence-electron chi connectivity index (χ4n) is 5.23. The maximum absolute atomic E-state index is 14.4. The second kappa shape index (κ2) is 16.2. The molecule has 1 aliphatic rings. The summed E-state index contributed by atoms with van der Waals surface area (Å²) >= 11 is 1.62. The Morgan fingerprint density at radius 1 is 1.32 bits per heavy atom. The average molecular weight is 616 g/mol. The van der Waals surface area contributed by atoms with E-state index in [-0.39, 0.29) is 19.1 Å². The summed E-state index contributed by atoms with van der Waals surface area (Å²) in [5, 5.41) is 17.3. The number of allylic oxidation sites excluding steroid dienone is 8. The Hall–Kier alpha value is -4.01. The highest BCUT2D eigenvalue weighted by Crippen LogP contribution is 2.40. The largest absolute Gasteiger partial charge is 0.501 e. The predicted molar refractivity (Wildman–Crippen MR) is 180 cm³/mol. The van der Waals surface area contributed by atoms with Crippen LogP contribution in [0.3, 0.4) is 0 Å². The highest BCUT2D eigenvalue weighted by atomic mass is 32.1. The number of thiophene rings is 1. The molecule has 1 atom stereocenters. The van der Waals surface area contributed by atoms with E-state index in [1.807, 2.05) is 25.2 Å². The van der Waals surface area contributed by atoms with Crippen molar-refractivity contribution in [3.63, 3.8) is 0 Å². The third-order valence-electron chi connectivity index (χ3n) is 7.23. The number of nitrogens with zero attached hydrogens (tertiary/aromatic N) is 3. The SMILES string of the molecule is C=C/C(OC/C=C/CO)=C(\C=C/C)c1nc2c(c3sccc13)/C=C/C=C(F)\C=C\OCCC2c1cc(C(C)C)n(CCC)n1. The van der Waals surface area contributed by atoms with Crippen molar-refractivity contribution >= 4 is 33.1 Å². The number of aliphatic hydroxyl groups excluding tert-OH is 1. The molecule has 44 heavy (non-hydrogen) atoms. The summed E-state index contributed by atoms with van der Waals surface area (Å²) < 4.78 is 29.5. The number of aryl methyl sites for hydroxylation is 1. The van der Waals surface area contributed by atoms with E-state index in [1.54, 1.807) is 35.6 Å². The molecule has 4 rings (SSSR count). The van der Waals surface area contributed by atoms with E-state index in [0.29, 0.717) is 24.7 Å². The molecule has 0 aliphatic carbocycles. The first-order chi connectivity index (χ1) is 21.4. The monoisotopic (exact) mass is 615 g/mol. The van der Waals surface area contributed by atoms with Crippen LogP contribution in [0.5, 0.6) is 0 Å². The van der Waals surface area contributed by atoms with Gasteiger partial charge in [-0.15, -0.1) is 11.3 Å². The summed E-state index contributed by atoms with van der Waals surface area (Å²) in [6.07, 6.45) is 18.4. The number of hydrogen-bond donors (Lipinski definition) is 1. The molecular weight excluding hydrogens is 573 g/mol. The van der Waals surface area contributed by atoms with Gasteiger partial charge in [0.1, 0.15) is 18.2 Å². The smallest absolute Gasteiger partial charge is 0.128 e. The minimum atomic E-state index is -0.395. The summed E-state index contributed by atoms with van der Waals surface area (Å²) in [6, 6.07) is 4.26. The fraction of sp³-hybridized carbons (Fsp3) is 0.333. The molecule has 0 spiro atoms. The standard InChI is InChI=1S/C36H42FN3O3S/c1-6-12-28(33(8-3)43-20-10-9-19-41)35-30-17-23-44-36(30)29-14-11-13-26(37)15-21-42-22-16-27(34(29)38-35)31-24-32(25(4)5)40(39-31)18-7-2/h6,8-15,17,21,23-25,27,41H,3,7,16,18-20,22H2,1-2,4-5H3/b10-9+,12-6-,14-11+,21-15+,26-13+,33-28-. The van der Waals surface area contributed by atoms with Crippen molar-refractivity contribution in [2.75, 3.05) is 19.8 Å². The highest BCUT2D eigenvalue weighted by Gasteiger charge is 2.27. The molecule has 3 aromatic heterocycles. The molecule has 0 radical (unpaired) electrons. The van der Waals surface area contributed by atoms with E-state index < -0.39 is 5.83 Å². The van der Waals surface area contributed by atoms with Gasteiger partial charge in [-0.2, -0.15) is 5.10 Å². The van der Waals surface area contributed by atoms with E-state index in [2.05, 4.69) is 49.5 Å². The van der Waals surface area contributed by atoms with Gasteiger partial charge in [0.05, 0.1) is 36.6 Å². The molecule has 0 saturated carbocycles. The lowest BCUT2D eigenvalue weighted by Gasteiger charge is -2.20. The van der Waals surface area contributed by atoms with Crippen molar-refractivity contribution in [3.05, 3.63) is 119 Å². The van der Waals surface area contributed by atoms with E-state index in [9.17, 15) is 4.39 Å². The first-order valence-corrected chi connectivity index (χ1v) is 16.0. The zero-order valence-electron chi connectivity index (χ0n) is 26.0.